The Labute approximate surface area is 126 Å². The lowest BCUT2D eigenvalue weighted by Gasteiger charge is -2.35. The first-order valence-corrected chi connectivity index (χ1v) is 8.15. The van der Waals surface area contributed by atoms with Crippen LogP contribution >= 0.6 is 0 Å². The fourth-order valence-electron chi connectivity index (χ4n) is 3.57. The highest BCUT2D eigenvalue weighted by Gasteiger charge is 2.32. The molecule has 0 radical (unpaired) electrons. The van der Waals surface area contributed by atoms with Crippen molar-refractivity contribution in [3.05, 3.63) is 29.8 Å². The van der Waals surface area contributed by atoms with Crippen molar-refractivity contribution in [2.24, 2.45) is 0 Å². The van der Waals surface area contributed by atoms with E-state index in [-0.39, 0.29) is 5.91 Å². The van der Waals surface area contributed by atoms with E-state index in [1.54, 1.807) is 0 Å². The minimum absolute atomic E-state index is 0.0643. The van der Waals surface area contributed by atoms with Crippen molar-refractivity contribution in [2.75, 3.05) is 25.0 Å². The van der Waals surface area contributed by atoms with E-state index in [1.807, 2.05) is 24.3 Å². The van der Waals surface area contributed by atoms with E-state index in [2.05, 4.69) is 22.5 Å². The van der Waals surface area contributed by atoms with Crippen molar-refractivity contribution in [1.29, 1.82) is 0 Å². The Hall–Kier alpha value is -1.55. The molecule has 0 aliphatic carbocycles. The third-order valence-corrected chi connectivity index (χ3v) is 4.68. The van der Waals surface area contributed by atoms with Gasteiger partial charge in [0, 0.05) is 36.4 Å². The molecule has 21 heavy (non-hydrogen) atoms. The lowest BCUT2D eigenvalue weighted by Crippen LogP contribution is -2.47. The van der Waals surface area contributed by atoms with Crippen LogP contribution in [-0.2, 0) is 0 Å². The van der Waals surface area contributed by atoms with Gasteiger partial charge in [-0.15, -0.1) is 0 Å². The summed E-state index contributed by atoms with van der Waals surface area (Å²) in [5, 5.41) is 6.46. The molecule has 4 heteroatoms. The van der Waals surface area contributed by atoms with E-state index in [1.165, 1.54) is 19.4 Å². The van der Waals surface area contributed by atoms with E-state index < -0.39 is 0 Å². The summed E-state index contributed by atoms with van der Waals surface area (Å²) in [4.78, 5) is 14.9. The second kappa shape index (κ2) is 6.48. The van der Waals surface area contributed by atoms with Crippen molar-refractivity contribution < 1.29 is 4.79 Å². The number of piperidine rings is 1. The lowest BCUT2D eigenvalue weighted by atomic mass is 9.97. The number of carbonyl (C=O) groups is 1. The summed E-state index contributed by atoms with van der Waals surface area (Å²) in [7, 11) is 0. The van der Waals surface area contributed by atoms with Gasteiger partial charge in [-0.1, -0.05) is 0 Å². The second-order valence-corrected chi connectivity index (χ2v) is 6.13. The number of carbonyl (C=O) groups excluding carboxylic acids is 1. The van der Waals surface area contributed by atoms with Crippen LogP contribution in [0.25, 0.3) is 0 Å². The molecule has 2 saturated heterocycles. The molecule has 1 aromatic rings. The molecule has 2 atom stereocenters. The maximum absolute atomic E-state index is 12.3. The number of hydrogen-bond donors (Lipinski definition) is 2. The molecule has 0 spiro atoms. The number of benzene rings is 1. The zero-order chi connectivity index (χ0) is 14.7. The number of nitrogens with zero attached hydrogens (tertiary/aromatic N) is 1. The van der Waals surface area contributed by atoms with Gasteiger partial charge in [0.1, 0.15) is 0 Å². The molecule has 114 valence electrons. The molecular formula is C17H25N3O. The van der Waals surface area contributed by atoms with Gasteiger partial charge in [-0.05, 0) is 63.4 Å². The van der Waals surface area contributed by atoms with Gasteiger partial charge in [-0.3, -0.25) is 4.79 Å². The first-order valence-electron chi connectivity index (χ1n) is 8.15. The average molecular weight is 287 g/mol. The molecule has 2 N–H and O–H groups in total. The third kappa shape index (κ3) is 3.38. The van der Waals surface area contributed by atoms with E-state index in [0.717, 1.165) is 37.2 Å². The summed E-state index contributed by atoms with van der Waals surface area (Å²) in [5.41, 5.74) is 1.82. The first-order chi connectivity index (χ1) is 10.3. The van der Waals surface area contributed by atoms with Crippen LogP contribution in [0.3, 0.4) is 0 Å². The van der Waals surface area contributed by atoms with Crippen molar-refractivity contribution in [2.45, 2.75) is 44.7 Å². The number of amides is 1. The summed E-state index contributed by atoms with van der Waals surface area (Å²) in [6, 6.07) is 8.77. The molecule has 2 aliphatic rings. The van der Waals surface area contributed by atoms with Gasteiger partial charge in [-0.25, -0.2) is 0 Å². The van der Waals surface area contributed by atoms with Gasteiger partial charge in [0.2, 0.25) is 0 Å². The van der Waals surface area contributed by atoms with Crippen LogP contribution in [0.4, 0.5) is 5.69 Å². The Morgan fingerprint density at radius 1 is 1.24 bits per heavy atom. The van der Waals surface area contributed by atoms with Gasteiger partial charge in [-0.2, -0.15) is 0 Å². The smallest absolute Gasteiger partial charge is 0.251 e. The van der Waals surface area contributed by atoms with Gasteiger partial charge < -0.3 is 15.5 Å². The van der Waals surface area contributed by atoms with Crippen LogP contribution in [0.15, 0.2) is 24.3 Å². The molecule has 4 nitrogen and oxygen atoms in total. The highest BCUT2D eigenvalue weighted by atomic mass is 16.1. The molecule has 2 heterocycles. The first kappa shape index (κ1) is 14.4. The Morgan fingerprint density at radius 3 is 2.81 bits per heavy atom. The van der Waals surface area contributed by atoms with Crippen LogP contribution < -0.4 is 10.6 Å². The predicted octanol–water partition coefficient (Wildman–Crippen LogP) is 2.48. The van der Waals surface area contributed by atoms with Gasteiger partial charge >= 0.3 is 0 Å². The SMILES string of the molecule is CCNc1ccc(C(=O)NC2CCN3CCCC3C2)cc1. The summed E-state index contributed by atoms with van der Waals surface area (Å²) < 4.78 is 0. The molecule has 0 bridgehead atoms. The topological polar surface area (TPSA) is 44.4 Å². The zero-order valence-corrected chi connectivity index (χ0v) is 12.8. The summed E-state index contributed by atoms with van der Waals surface area (Å²) in [5.74, 6) is 0.0643. The van der Waals surface area contributed by atoms with Crippen LogP contribution in [0, 0.1) is 0 Å². The average Bonchev–Trinajstić information content (AvgIpc) is 2.96. The maximum Gasteiger partial charge on any atom is 0.251 e. The van der Waals surface area contributed by atoms with Crippen molar-refractivity contribution in [1.82, 2.24) is 10.2 Å². The number of fused-ring (bicyclic) bond motifs is 1. The van der Waals surface area contributed by atoms with E-state index in [9.17, 15) is 4.79 Å². The molecule has 2 fully saturated rings. The van der Waals surface area contributed by atoms with Gasteiger partial charge in [0.25, 0.3) is 5.91 Å². The quantitative estimate of drug-likeness (QED) is 0.894. The Morgan fingerprint density at radius 2 is 2.05 bits per heavy atom. The number of rotatable bonds is 4. The van der Waals surface area contributed by atoms with Crippen LogP contribution in [0.5, 0.6) is 0 Å². The Bertz CT molecular complexity index is 485. The monoisotopic (exact) mass is 287 g/mol. The molecule has 0 saturated carbocycles. The molecule has 0 aromatic heterocycles. The minimum atomic E-state index is 0.0643. The predicted molar refractivity (Wildman–Crippen MR) is 85.7 cm³/mol. The molecule has 2 aliphatic heterocycles. The maximum atomic E-state index is 12.3. The summed E-state index contributed by atoms with van der Waals surface area (Å²) in [6.45, 7) is 5.34. The van der Waals surface area contributed by atoms with E-state index >= 15 is 0 Å². The largest absolute Gasteiger partial charge is 0.385 e. The fraction of sp³-hybridized carbons (Fsp3) is 0.588. The fourth-order valence-corrected chi connectivity index (χ4v) is 3.57. The van der Waals surface area contributed by atoms with Crippen LogP contribution in [0.2, 0.25) is 0 Å². The highest BCUT2D eigenvalue weighted by Crippen LogP contribution is 2.27. The van der Waals surface area contributed by atoms with E-state index in [0.29, 0.717) is 12.1 Å². The van der Waals surface area contributed by atoms with Crippen molar-refractivity contribution in [3.63, 3.8) is 0 Å². The van der Waals surface area contributed by atoms with Crippen molar-refractivity contribution in [3.8, 4) is 0 Å². The molecule has 3 rings (SSSR count). The van der Waals surface area contributed by atoms with Crippen molar-refractivity contribution >= 4 is 11.6 Å². The van der Waals surface area contributed by atoms with Gasteiger partial charge in [0.05, 0.1) is 0 Å². The minimum Gasteiger partial charge on any atom is -0.385 e. The summed E-state index contributed by atoms with van der Waals surface area (Å²) in [6.07, 6.45) is 4.81. The van der Waals surface area contributed by atoms with Crippen LogP contribution in [-0.4, -0.2) is 42.5 Å². The second-order valence-electron chi connectivity index (χ2n) is 6.13. The summed E-state index contributed by atoms with van der Waals surface area (Å²) >= 11 is 0. The molecule has 1 aromatic carbocycles. The Balaban J connectivity index is 1.55. The highest BCUT2D eigenvalue weighted by molar-refractivity contribution is 5.94. The normalized spacial score (nSPS) is 25.4. The lowest BCUT2D eigenvalue weighted by molar-refractivity contribution is 0.0896. The molecular weight excluding hydrogens is 262 g/mol. The molecule has 2 unspecified atom stereocenters. The zero-order valence-electron chi connectivity index (χ0n) is 12.8. The Kier molecular flexibility index (Phi) is 4.44. The number of hydrogen-bond acceptors (Lipinski definition) is 3. The number of anilines is 1. The van der Waals surface area contributed by atoms with Gasteiger partial charge in [0.15, 0.2) is 0 Å². The third-order valence-electron chi connectivity index (χ3n) is 4.68. The number of nitrogens with one attached hydrogen (secondary N) is 2. The van der Waals surface area contributed by atoms with E-state index in [4.69, 9.17) is 0 Å². The standard InChI is InChI=1S/C17H25N3O/c1-2-18-14-7-5-13(6-8-14)17(21)19-15-9-11-20-10-3-4-16(20)12-15/h5-8,15-16,18H,2-4,9-12H2,1H3,(H,19,21). The van der Waals surface area contributed by atoms with Crippen LogP contribution in [0.1, 0.15) is 43.0 Å². The molecule has 1 amide bonds.